The molecular weight excluding hydrogens is 358 g/mol. The molecule has 28 heavy (non-hydrogen) atoms. The summed E-state index contributed by atoms with van der Waals surface area (Å²) in [6.45, 7) is 2.24. The average Bonchev–Trinajstić information content (AvgIpc) is 3.12. The van der Waals surface area contributed by atoms with Gasteiger partial charge in [-0.05, 0) is 31.5 Å². The number of Topliss-reactive ketones (excluding diaryl/α,β-unsaturated/α-hetero) is 1. The lowest BCUT2D eigenvalue weighted by Gasteiger charge is -2.16. The van der Waals surface area contributed by atoms with Crippen LogP contribution in [-0.2, 0) is 20.7 Å². The van der Waals surface area contributed by atoms with Gasteiger partial charge in [-0.2, -0.15) is 0 Å². The summed E-state index contributed by atoms with van der Waals surface area (Å²) in [5, 5.41) is 0. The van der Waals surface area contributed by atoms with Gasteiger partial charge in [-0.1, -0.05) is 29.8 Å². The number of ketones is 1. The second-order valence-electron chi connectivity index (χ2n) is 6.78. The Kier molecular flexibility index (Phi) is 6.09. The third-order valence-electron chi connectivity index (χ3n) is 4.69. The number of ether oxygens (including phenoxy) is 2. The number of methoxy groups -OCH3 is 1. The zero-order valence-electron chi connectivity index (χ0n) is 16.1. The molecule has 2 aromatic carbocycles. The molecule has 0 spiro atoms. The van der Waals surface area contributed by atoms with Gasteiger partial charge in [0.25, 0.3) is 0 Å². The van der Waals surface area contributed by atoms with Crippen LogP contribution in [0.2, 0.25) is 0 Å². The third-order valence-corrected chi connectivity index (χ3v) is 4.69. The monoisotopic (exact) mass is 381 g/mol. The maximum Gasteiger partial charge on any atom is 0.310 e. The summed E-state index contributed by atoms with van der Waals surface area (Å²) in [4.78, 5) is 38.1. The Morgan fingerprint density at radius 2 is 1.96 bits per heavy atom. The van der Waals surface area contributed by atoms with Crippen LogP contribution >= 0.6 is 0 Å². The van der Waals surface area contributed by atoms with Crippen LogP contribution in [0.5, 0.6) is 5.75 Å². The van der Waals surface area contributed by atoms with E-state index >= 15 is 0 Å². The average molecular weight is 381 g/mol. The first-order valence-corrected chi connectivity index (χ1v) is 9.20. The van der Waals surface area contributed by atoms with Gasteiger partial charge in [0, 0.05) is 29.8 Å². The lowest BCUT2D eigenvalue weighted by Crippen LogP contribution is -2.24. The van der Waals surface area contributed by atoms with E-state index in [1.54, 1.807) is 42.3 Å². The minimum absolute atomic E-state index is 0.0282. The van der Waals surface area contributed by atoms with Crippen molar-refractivity contribution in [3.8, 4) is 5.75 Å². The topological polar surface area (TPSA) is 72.9 Å². The lowest BCUT2D eigenvalue weighted by molar-refractivity contribution is -0.141. The first-order chi connectivity index (χ1) is 13.5. The van der Waals surface area contributed by atoms with Gasteiger partial charge in [0.15, 0.2) is 12.4 Å². The van der Waals surface area contributed by atoms with E-state index in [-0.39, 0.29) is 24.7 Å². The number of nitrogens with zero attached hydrogens (tertiary/aromatic N) is 1. The Hall–Kier alpha value is -3.15. The minimum atomic E-state index is -0.497. The van der Waals surface area contributed by atoms with Crippen molar-refractivity contribution in [1.29, 1.82) is 0 Å². The molecule has 6 nitrogen and oxygen atoms in total. The van der Waals surface area contributed by atoms with E-state index in [0.717, 1.165) is 17.5 Å². The molecule has 146 valence electrons. The van der Waals surface area contributed by atoms with Crippen molar-refractivity contribution in [2.24, 2.45) is 0 Å². The zero-order valence-corrected chi connectivity index (χ0v) is 16.1. The van der Waals surface area contributed by atoms with Crippen LogP contribution in [0, 0.1) is 6.92 Å². The van der Waals surface area contributed by atoms with Gasteiger partial charge in [0.05, 0.1) is 13.5 Å². The van der Waals surface area contributed by atoms with Gasteiger partial charge in [0.1, 0.15) is 5.75 Å². The van der Waals surface area contributed by atoms with E-state index in [2.05, 4.69) is 0 Å². The molecule has 0 saturated carbocycles. The summed E-state index contributed by atoms with van der Waals surface area (Å²) in [7, 11) is 1.54. The fourth-order valence-corrected chi connectivity index (χ4v) is 3.25. The number of anilines is 1. The number of esters is 1. The molecule has 1 fully saturated rings. The van der Waals surface area contributed by atoms with Crippen molar-refractivity contribution in [2.75, 3.05) is 25.2 Å². The molecule has 0 N–H and O–H groups in total. The lowest BCUT2D eigenvalue weighted by atomic mass is 10.1. The molecule has 1 amide bonds. The van der Waals surface area contributed by atoms with Crippen LogP contribution in [0.3, 0.4) is 0 Å². The normalized spacial score (nSPS) is 13.5. The number of benzene rings is 2. The molecular formula is C22H23NO5. The maximum atomic E-state index is 12.4. The highest BCUT2D eigenvalue weighted by Crippen LogP contribution is 2.23. The van der Waals surface area contributed by atoms with Crippen LogP contribution in [0.4, 0.5) is 5.69 Å². The number of carbonyl (C=O) groups excluding carboxylic acids is 3. The first kappa shape index (κ1) is 19.6. The van der Waals surface area contributed by atoms with Crippen LogP contribution in [-0.4, -0.2) is 37.9 Å². The first-order valence-electron chi connectivity index (χ1n) is 9.20. The Morgan fingerprint density at radius 3 is 2.68 bits per heavy atom. The molecule has 0 radical (unpaired) electrons. The Labute approximate surface area is 164 Å². The molecule has 6 heteroatoms. The highest BCUT2D eigenvalue weighted by Gasteiger charge is 2.22. The van der Waals surface area contributed by atoms with E-state index in [9.17, 15) is 14.4 Å². The van der Waals surface area contributed by atoms with E-state index in [0.29, 0.717) is 30.0 Å². The van der Waals surface area contributed by atoms with Crippen LogP contribution in [0.1, 0.15) is 34.3 Å². The van der Waals surface area contributed by atoms with Crippen LogP contribution in [0.25, 0.3) is 0 Å². The smallest absolute Gasteiger partial charge is 0.310 e. The summed E-state index contributed by atoms with van der Waals surface area (Å²) >= 11 is 0. The number of aryl methyl sites for hydroxylation is 1. The highest BCUT2D eigenvalue weighted by atomic mass is 16.5. The SMILES string of the molecule is COc1ccc(C)cc1CC(=O)OCC(=O)c1cccc(N2CCCC2=O)c1. The van der Waals surface area contributed by atoms with E-state index in [1.165, 1.54) is 0 Å². The summed E-state index contributed by atoms with van der Waals surface area (Å²) in [5.41, 5.74) is 2.84. The van der Waals surface area contributed by atoms with Crippen LogP contribution < -0.4 is 9.64 Å². The Morgan fingerprint density at radius 1 is 1.14 bits per heavy atom. The number of rotatable bonds is 7. The fraction of sp³-hybridized carbons (Fsp3) is 0.318. The number of carbonyl (C=O) groups is 3. The predicted molar refractivity (Wildman–Crippen MR) is 105 cm³/mol. The van der Waals surface area contributed by atoms with E-state index in [1.807, 2.05) is 19.1 Å². The third kappa shape index (κ3) is 4.57. The summed E-state index contributed by atoms with van der Waals surface area (Å²) < 4.78 is 10.4. The molecule has 0 bridgehead atoms. The largest absolute Gasteiger partial charge is 0.496 e. The van der Waals surface area contributed by atoms with Gasteiger partial charge in [-0.25, -0.2) is 0 Å². The number of hydrogen-bond donors (Lipinski definition) is 0. The van der Waals surface area contributed by atoms with Crippen LogP contribution in [0.15, 0.2) is 42.5 Å². The second-order valence-corrected chi connectivity index (χ2v) is 6.78. The summed E-state index contributed by atoms with van der Waals surface area (Å²) in [5.74, 6) is -0.138. The summed E-state index contributed by atoms with van der Waals surface area (Å²) in [6, 6.07) is 12.4. The van der Waals surface area contributed by atoms with Crippen molar-refractivity contribution in [3.05, 3.63) is 59.2 Å². The molecule has 1 heterocycles. The second kappa shape index (κ2) is 8.69. The van der Waals surface area contributed by atoms with Crippen molar-refractivity contribution >= 4 is 23.3 Å². The van der Waals surface area contributed by atoms with Gasteiger partial charge in [-0.3, -0.25) is 14.4 Å². The van der Waals surface area contributed by atoms with Crippen molar-refractivity contribution in [1.82, 2.24) is 0 Å². The number of amides is 1. The fourth-order valence-electron chi connectivity index (χ4n) is 3.25. The molecule has 0 unspecified atom stereocenters. The Bertz CT molecular complexity index is 906. The molecule has 2 aromatic rings. The van der Waals surface area contributed by atoms with E-state index < -0.39 is 5.97 Å². The quantitative estimate of drug-likeness (QED) is 0.544. The maximum absolute atomic E-state index is 12.4. The standard InChI is InChI=1S/C22H23NO5/c1-15-8-9-20(27-2)17(11-15)13-22(26)28-14-19(24)16-5-3-6-18(12-16)23-10-4-7-21(23)25/h3,5-6,8-9,11-12H,4,7,10,13-14H2,1-2H3. The molecule has 0 aromatic heterocycles. The molecule has 1 aliphatic heterocycles. The van der Waals surface area contributed by atoms with E-state index in [4.69, 9.17) is 9.47 Å². The predicted octanol–water partition coefficient (Wildman–Crippen LogP) is 3.10. The molecule has 1 saturated heterocycles. The number of hydrogen-bond acceptors (Lipinski definition) is 5. The van der Waals surface area contributed by atoms with Crippen molar-refractivity contribution in [3.63, 3.8) is 0 Å². The molecule has 0 atom stereocenters. The molecule has 1 aliphatic rings. The van der Waals surface area contributed by atoms with Gasteiger partial charge in [0.2, 0.25) is 5.91 Å². The van der Waals surface area contributed by atoms with Gasteiger partial charge in [-0.15, -0.1) is 0 Å². The zero-order chi connectivity index (χ0) is 20.1. The highest BCUT2D eigenvalue weighted by molar-refractivity contribution is 6.01. The van der Waals surface area contributed by atoms with Crippen molar-refractivity contribution in [2.45, 2.75) is 26.2 Å². The minimum Gasteiger partial charge on any atom is -0.496 e. The van der Waals surface area contributed by atoms with Crippen molar-refractivity contribution < 1.29 is 23.9 Å². The Balaban J connectivity index is 1.60. The summed E-state index contributed by atoms with van der Waals surface area (Å²) in [6.07, 6.45) is 1.37. The van der Waals surface area contributed by atoms with Gasteiger partial charge < -0.3 is 14.4 Å². The molecule has 0 aliphatic carbocycles. The molecule has 3 rings (SSSR count). The van der Waals surface area contributed by atoms with Gasteiger partial charge >= 0.3 is 5.97 Å².